The number of hydrogen-bond acceptors (Lipinski definition) is 2. The van der Waals surface area contributed by atoms with Crippen molar-refractivity contribution in [3.8, 4) is 0 Å². The summed E-state index contributed by atoms with van der Waals surface area (Å²) >= 11 is 1.74. The van der Waals surface area contributed by atoms with Gasteiger partial charge in [0.15, 0.2) is 5.78 Å². The number of ketones is 1. The molecule has 64 valence electrons. The second-order valence-electron chi connectivity index (χ2n) is 2.64. The van der Waals surface area contributed by atoms with Crippen molar-refractivity contribution in [3.63, 3.8) is 0 Å². The van der Waals surface area contributed by atoms with Crippen molar-refractivity contribution in [1.29, 1.82) is 0 Å². The van der Waals surface area contributed by atoms with Gasteiger partial charge >= 0.3 is 0 Å². The zero-order valence-corrected chi connectivity index (χ0v) is 8.15. The lowest BCUT2D eigenvalue weighted by molar-refractivity contribution is -0.112. The molecule has 0 aliphatic rings. The van der Waals surface area contributed by atoms with Crippen LogP contribution in [-0.2, 0) is 11.2 Å². The Balaban J connectivity index is 2.70. The SMILES string of the molecule is CCc1cc(C=CC(C)=O)cs1. The van der Waals surface area contributed by atoms with Crippen LogP contribution in [0.5, 0.6) is 0 Å². The fraction of sp³-hybridized carbons (Fsp3) is 0.300. The van der Waals surface area contributed by atoms with Gasteiger partial charge < -0.3 is 0 Å². The number of rotatable bonds is 3. The number of allylic oxidation sites excluding steroid dienone is 1. The van der Waals surface area contributed by atoms with Crippen LogP contribution in [-0.4, -0.2) is 5.78 Å². The van der Waals surface area contributed by atoms with E-state index >= 15 is 0 Å². The van der Waals surface area contributed by atoms with E-state index in [1.54, 1.807) is 24.3 Å². The van der Waals surface area contributed by atoms with Crippen LogP contribution in [0.25, 0.3) is 6.08 Å². The molecule has 0 fully saturated rings. The standard InChI is InChI=1S/C10H12OS/c1-3-10-6-9(7-12-10)5-4-8(2)11/h4-7H,3H2,1-2H3. The second kappa shape index (κ2) is 4.21. The van der Waals surface area contributed by atoms with Gasteiger partial charge in [0.05, 0.1) is 0 Å². The smallest absolute Gasteiger partial charge is 0.152 e. The summed E-state index contributed by atoms with van der Waals surface area (Å²) in [5.41, 5.74) is 1.13. The molecule has 0 saturated heterocycles. The predicted octanol–water partition coefficient (Wildman–Crippen LogP) is 2.91. The Morgan fingerprint density at radius 3 is 2.92 bits per heavy atom. The van der Waals surface area contributed by atoms with Gasteiger partial charge in [-0.15, -0.1) is 11.3 Å². The Morgan fingerprint density at radius 2 is 2.42 bits per heavy atom. The maximum Gasteiger partial charge on any atom is 0.152 e. The first-order valence-electron chi connectivity index (χ1n) is 3.98. The first-order chi connectivity index (χ1) is 5.72. The molecule has 0 bridgehead atoms. The van der Waals surface area contributed by atoms with Crippen LogP contribution in [0.1, 0.15) is 24.3 Å². The molecule has 0 N–H and O–H groups in total. The van der Waals surface area contributed by atoms with E-state index in [0.717, 1.165) is 12.0 Å². The van der Waals surface area contributed by atoms with Crippen molar-refractivity contribution in [3.05, 3.63) is 28.0 Å². The summed E-state index contributed by atoms with van der Waals surface area (Å²) in [5.74, 6) is 0.0965. The van der Waals surface area contributed by atoms with Crippen LogP contribution < -0.4 is 0 Å². The topological polar surface area (TPSA) is 17.1 Å². The first kappa shape index (κ1) is 9.20. The highest BCUT2D eigenvalue weighted by Crippen LogP contribution is 2.16. The molecule has 12 heavy (non-hydrogen) atoms. The molecule has 0 aliphatic heterocycles. The van der Waals surface area contributed by atoms with Crippen LogP contribution in [0.2, 0.25) is 0 Å². The molecule has 2 heteroatoms. The Labute approximate surface area is 76.7 Å². The molecule has 0 saturated carbocycles. The molecule has 1 aromatic rings. The molecule has 1 heterocycles. The lowest BCUT2D eigenvalue weighted by Crippen LogP contribution is -1.78. The molecule has 0 aliphatic carbocycles. The number of carbonyl (C=O) groups excluding carboxylic acids is 1. The first-order valence-corrected chi connectivity index (χ1v) is 4.86. The predicted molar refractivity (Wildman–Crippen MR) is 53.4 cm³/mol. The van der Waals surface area contributed by atoms with Crippen LogP contribution in [0.4, 0.5) is 0 Å². The van der Waals surface area contributed by atoms with Crippen molar-refractivity contribution in [2.24, 2.45) is 0 Å². The third-order valence-corrected chi connectivity index (χ3v) is 2.63. The highest BCUT2D eigenvalue weighted by atomic mass is 32.1. The van der Waals surface area contributed by atoms with Crippen LogP contribution in [0.3, 0.4) is 0 Å². The molecule has 0 unspecified atom stereocenters. The van der Waals surface area contributed by atoms with Gasteiger partial charge in [0.2, 0.25) is 0 Å². The third kappa shape index (κ3) is 2.62. The van der Waals surface area contributed by atoms with Gasteiger partial charge in [-0.1, -0.05) is 13.0 Å². The molecule has 0 atom stereocenters. The van der Waals surface area contributed by atoms with Gasteiger partial charge in [0.25, 0.3) is 0 Å². The third-order valence-electron chi connectivity index (χ3n) is 1.53. The van der Waals surface area contributed by atoms with E-state index in [2.05, 4.69) is 18.4 Å². The molecule has 0 radical (unpaired) electrons. The van der Waals surface area contributed by atoms with Crippen LogP contribution in [0.15, 0.2) is 17.5 Å². The number of aryl methyl sites for hydroxylation is 1. The van der Waals surface area contributed by atoms with E-state index in [1.165, 1.54) is 4.88 Å². The highest BCUT2D eigenvalue weighted by molar-refractivity contribution is 7.10. The van der Waals surface area contributed by atoms with Gasteiger partial charge in [-0.2, -0.15) is 0 Å². The van der Waals surface area contributed by atoms with Crippen LogP contribution in [0, 0.1) is 0 Å². The summed E-state index contributed by atoms with van der Waals surface area (Å²) in [4.78, 5) is 12.0. The Morgan fingerprint density at radius 1 is 1.67 bits per heavy atom. The normalized spacial score (nSPS) is 10.8. The molecule has 0 aromatic carbocycles. The number of thiophene rings is 1. The Bertz CT molecular complexity index is 297. The van der Waals surface area contributed by atoms with Crippen molar-refractivity contribution >= 4 is 23.2 Å². The second-order valence-corrected chi connectivity index (χ2v) is 3.64. The molecule has 1 rings (SSSR count). The Kier molecular flexibility index (Phi) is 3.23. The number of carbonyl (C=O) groups is 1. The van der Waals surface area contributed by atoms with E-state index in [1.807, 2.05) is 6.08 Å². The lowest BCUT2D eigenvalue weighted by atomic mass is 10.2. The summed E-state index contributed by atoms with van der Waals surface area (Å²) < 4.78 is 0. The minimum atomic E-state index is 0.0965. The molecule has 1 aromatic heterocycles. The Hall–Kier alpha value is -0.890. The summed E-state index contributed by atoms with van der Waals surface area (Å²) in [5, 5.41) is 2.07. The summed E-state index contributed by atoms with van der Waals surface area (Å²) in [6.45, 7) is 3.69. The van der Waals surface area contributed by atoms with E-state index in [4.69, 9.17) is 0 Å². The summed E-state index contributed by atoms with van der Waals surface area (Å²) in [7, 11) is 0. The minimum absolute atomic E-state index is 0.0965. The average Bonchev–Trinajstić information content (AvgIpc) is 2.48. The highest BCUT2D eigenvalue weighted by Gasteiger charge is 1.93. The van der Waals surface area contributed by atoms with Gasteiger partial charge in [-0.3, -0.25) is 4.79 Å². The fourth-order valence-electron chi connectivity index (χ4n) is 0.884. The van der Waals surface area contributed by atoms with Gasteiger partial charge in [0, 0.05) is 4.88 Å². The van der Waals surface area contributed by atoms with Gasteiger partial charge in [-0.05, 0) is 36.4 Å². The van der Waals surface area contributed by atoms with E-state index in [-0.39, 0.29) is 5.78 Å². The van der Waals surface area contributed by atoms with Crippen molar-refractivity contribution in [2.75, 3.05) is 0 Å². The zero-order valence-electron chi connectivity index (χ0n) is 7.33. The maximum absolute atomic E-state index is 10.6. The van der Waals surface area contributed by atoms with Gasteiger partial charge in [-0.25, -0.2) is 0 Å². The van der Waals surface area contributed by atoms with Crippen molar-refractivity contribution in [2.45, 2.75) is 20.3 Å². The van der Waals surface area contributed by atoms with Gasteiger partial charge in [0.1, 0.15) is 0 Å². The van der Waals surface area contributed by atoms with E-state index in [9.17, 15) is 4.79 Å². The largest absolute Gasteiger partial charge is 0.295 e. The van der Waals surface area contributed by atoms with Crippen molar-refractivity contribution in [1.82, 2.24) is 0 Å². The average molecular weight is 180 g/mol. The van der Waals surface area contributed by atoms with Crippen LogP contribution >= 0.6 is 11.3 Å². The number of hydrogen-bond donors (Lipinski definition) is 0. The van der Waals surface area contributed by atoms with E-state index in [0.29, 0.717) is 0 Å². The summed E-state index contributed by atoms with van der Waals surface area (Å²) in [6.07, 6.45) is 4.53. The monoisotopic (exact) mass is 180 g/mol. The molecule has 0 amide bonds. The molecular weight excluding hydrogens is 168 g/mol. The summed E-state index contributed by atoms with van der Waals surface area (Å²) in [6, 6.07) is 2.12. The lowest BCUT2D eigenvalue weighted by Gasteiger charge is -1.82. The van der Waals surface area contributed by atoms with E-state index < -0.39 is 0 Å². The van der Waals surface area contributed by atoms with Crippen molar-refractivity contribution < 1.29 is 4.79 Å². The quantitative estimate of drug-likeness (QED) is 0.654. The maximum atomic E-state index is 10.6. The fourth-order valence-corrected chi connectivity index (χ4v) is 1.69. The molecule has 1 nitrogen and oxygen atoms in total. The minimum Gasteiger partial charge on any atom is -0.295 e. The molecular formula is C10H12OS. The zero-order chi connectivity index (χ0) is 8.97. The molecule has 0 spiro atoms.